The number of aromatic nitrogens is 4. The SMILES string of the molecule is CCCc1nnc(CCO)nn1. The number of rotatable bonds is 4. The summed E-state index contributed by atoms with van der Waals surface area (Å²) in [6.07, 6.45) is 2.22. The zero-order valence-corrected chi connectivity index (χ0v) is 7.06. The predicted molar refractivity (Wildman–Crippen MR) is 42.4 cm³/mol. The topological polar surface area (TPSA) is 71.8 Å². The van der Waals surface area contributed by atoms with Crippen LogP contribution in [-0.2, 0) is 12.8 Å². The van der Waals surface area contributed by atoms with Crippen molar-refractivity contribution < 1.29 is 5.11 Å². The molecular formula is C7H12N4O. The van der Waals surface area contributed by atoms with E-state index in [0.717, 1.165) is 12.8 Å². The van der Waals surface area contributed by atoms with Crippen LogP contribution >= 0.6 is 0 Å². The maximum Gasteiger partial charge on any atom is 0.175 e. The fourth-order valence-electron chi connectivity index (χ4n) is 0.794. The first-order valence-electron chi connectivity index (χ1n) is 4.02. The van der Waals surface area contributed by atoms with Crippen LogP contribution in [0.5, 0.6) is 0 Å². The summed E-state index contributed by atoms with van der Waals surface area (Å²) in [7, 11) is 0. The number of nitrogens with zero attached hydrogens (tertiary/aromatic N) is 4. The number of aliphatic hydroxyl groups excluding tert-OH is 1. The molecular weight excluding hydrogens is 156 g/mol. The van der Waals surface area contributed by atoms with Gasteiger partial charge in [-0.25, -0.2) is 0 Å². The smallest absolute Gasteiger partial charge is 0.175 e. The third-order valence-electron chi connectivity index (χ3n) is 1.37. The van der Waals surface area contributed by atoms with Crippen molar-refractivity contribution in [1.29, 1.82) is 0 Å². The van der Waals surface area contributed by atoms with Gasteiger partial charge in [0.2, 0.25) is 0 Å². The molecule has 0 saturated carbocycles. The van der Waals surface area contributed by atoms with Crippen molar-refractivity contribution in [1.82, 2.24) is 20.4 Å². The quantitative estimate of drug-likeness (QED) is 0.671. The lowest BCUT2D eigenvalue weighted by molar-refractivity contribution is 0.295. The fourth-order valence-corrected chi connectivity index (χ4v) is 0.794. The molecule has 0 saturated heterocycles. The molecule has 0 amide bonds. The molecule has 1 N–H and O–H groups in total. The van der Waals surface area contributed by atoms with E-state index in [1.165, 1.54) is 0 Å². The van der Waals surface area contributed by atoms with Crippen molar-refractivity contribution in [3.05, 3.63) is 11.6 Å². The molecule has 1 rings (SSSR count). The van der Waals surface area contributed by atoms with Crippen molar-refractivity contribution in [3.63, 3.8) is 0 Å². The lowest BCUT2D eigenvalue weighted by Crippen LogP contribution is -2.06. The Morgan fingerprint density at radius 1 is 1.00 bits per heavy atom. The first-order valence-corrected chi connectivity index (χ1v) is 4.02. The van der Waals surface area contributed by atoms with Crippen LogP contribution in [0.2, 0.25) is 0 Å². The summed E-state index contributed by atoms with van der Waals surface area (Å²) < 4.78 is 0. The van der Waals surface area contributed by atoms with Gasteiger partial charge in [0.15, 0.2) is 11.6 Å². The maximum atomic E-state index is 8.56. The summed E-state index contributed by atoms with van der Waals surface area (Å²) in [4.78, 5) is 0. The lowest BCUT2D eigenvalue weighted by atomic mass is 10.3. The molecule has 0 aliphatic rings. The number of hydrogen-bond donors (Lipinski definition) is 1. The zero-order valence-electron chi connectivity index (χ0n) is 7.06. The van der Waals surface area contributed by atoms with Crippen molar-refractivity contribution in [3.8, 4) is 0 Å². The second-order valence-corrected chi connectivity index (χ2v) is 2.46. The predicted octanol–water partition coefficient (Wildman–Crippen LogP) is -0.246. The average Bonchev–Trinajstić information content (AvgIpc) is 2.09. The molecule has 0 unspecified atom stereocenters. The normalized spacial score (nSPS) is 10.2. The molecule has 66 valence electrons. The van der Waals surface area contributed by atoms with Gasteiger partial charge in [-0.1, -0.05) is 6.92 Å². The van der Waals surface area contributed by atoms with E-state index in [0.29, 0.717) is 18.1 Å². The molecule has 0 aliphatic carbocycles. The summed E-state index contributed by atoms with van der Waals surface area (Å²) in [6.45, 7) is 2.08. The molecule has 0 atom stereocenters. The Hall–Kier alpha value is -1.10. The molecule has 1 heterocycles. The van der Waals surface area contributed by atoms with Crippen molar-refractivity contribution in [2.45, 2.75) is 26.2 Å². The van der Waals surface area contributed by atoms with E-state index < -0.39 is 0 Å². The van der Waals surface area contributed by atoms with E-state index >= 15 is 0 Å². The van der Waals surface area contributed by atoms with E-state index in [9.17, 15) is 0 Å². The van der Waals surface area contributed by atoms with Crippen LogP contribution < -0.4 is 0 Å². The molecule has 0 aromatic carbocycles. The van der Waals surface area contributed by atoms with Gasteiger partial charge in [-0.05, 0) is 6.42 Å². The number of hydrogen-bond acceptors (Lipinski definition) is 5. The third kappa shape index (κ3) is 2.50. The van der Waals surface area contributed by atoms with Gasteiger partial charge >= 0.3 is 0 Å². The summed E-state index contributed by atoms with van der Waals surface area (Å²) in [6, 6.07) is 0. The highest BCUT2D eigenvalue weighted by atomic mass is 16.3. The van der Waals surface area contributed by atoms with Gasteiger partial charge in [0.1, 0.15) is 0 Å². The number of aryl methyl sites for hydroxylation is 1. The zero-order chi connectivity index (χ0) is 8.81. The molecule has 1 aromatic heterocycles. The highest BCUT2D eigenvalue weighted by Gasteiger charge is 1.98. The van der Waals surface area contributed by atoms with Gasteiger partial charge in [0.25, 0.3) is 0 Å². The van der Waals surface area contributed by atoms with Crippen LogP contribution in [0.1, 0.15) is 25.0 Å². The van der Waals surface area contributed by atoms with Crippen LogP contribution in [-0.4, -0.2) is 32.1 Å². The Bertz CT molecular complexity index is 198. The van der Waals surface area contributed by atoms with Crippen molar-refractivity contribution >= 4 is 0 Å². The first-order chi connectivity index (χ1) is 5.86. The van der Waals surface area contributed by atoms with E-state index in [1.807, 2.05) is 6.92 Å². The van der Waals surface area contributed by atoms with Crippen LogP contribution in [0.4, 0.5) is 0 Å². The molecule has 0 bridgehead atoms. The second-order valence-electron chi connectivity index (χ2n) is 2.46. The van der Waals surface area contributed by atoms with Crippen LogP contribution in [0, 0.1) is 0 Å². The lowest BCUT2D eigenvalue weighted by Gasteiger charge is -1.95. The van der Waals surface area contributed by atoms with E-state index in [4.69, 9.17) is 5.11 Å². The van der Waals surface area contributed by atoms with Crippen LogP contribution in [0.3, 0.4) is 0 Å². The fraction of sp³-hybridized carbons (Fsp3) is 0.714. The summed E-state index contributed by atoms with van der Waals surface area (Å²) in [5.41, 5.74) is 0. The van der Waals surface area contributed by atoms with E-state index in [1.54, 1.807) is 0 Å². The summed E-state index contributed by atoms with van der Waals surface area (Å²) >= 11 is 0. The van der Waals surface area contributed by atoms with Crippen molar-refractivity contribution in [2.24, 2.45) is 0 Å². The Labute approximate surface area is 70.9 Å². The molecule has 5 heteroatoms. The Balaban J connectivity index is 2.58. The molecule has 0 fully saturated rings. The second kappa shape index (κ2) is 4.71. The molecule has 1 aromatic rings. The largest absolute Gasteiger partial charge is 0.396 e. The Morgan fingerprint density at radius 2 is 1.50 bits per heavy atom. The summed E-state index contributed by atoms with van der Waals surface area (Å²) in [5.74, 6) is 1.16. The highest BCUT2D eigenvalue weighted by Crippen LogP contribution is 1.91. The highest BCUT2D eigenvalue weighted by molar-refractivity contribution is 4.82. The van der Waals surface area contributed by atoms with Gasteiger partial charge in [-0.15, -0.1) is 20.4 Å². The van der Waals surface area contributed by atoms with Crippen LogP contribution in [0.15, 0.2) is 0 Å². The van der Waals surface area contributed by atoms with Crippen molar-refractivity contribution in [2.75, 3.05) is 6.61 Å². The number of aliphatic hydroxyl groups is 1. The van der Waals surface area contributed by atoms with Crippen LogP contribution in [0.25, 0.3) is 0 Å². The molecule has 12 heavy (non-hydrogen) atoms. The monoisotopic (exact) mass is 168 g/mol. The standard InChI is InChI=1S/C7H12N4O/c1-2-3-6-8-10-7(4-5-12)11-9-6/h12H,2-5H2,1H3. The molecule has 0 spiro atoms. The van der Waals surface area contributed by atoms with Gasteiger partial charge in [0, 0.05) is 12.8 Å². The Kier molecular flexibility index (Phi) is 3.53. The van der Waals surface area contributed by atoms with E-state index in [2.05, 4.69) is 20.4 Å². The summed E-state index contributed by atoms with van der Waals surface area (Å²) in [5, 5.41) is 23.9. The molecule has 5 nitrogen and oxygen atoms in total. The average molecular weight is 168 g/mol. The molecule has 0 radical (unpaired) electrons. The first kappa shape index (κ1) is 8.99. The Morgan fingerprint density at radius 3 is 1.92 bits per heavy atom. The van der Waals surface area contributed by atoms with Gasteiger partial charge in [-0.3, -0.25) is 0 Å². The minimum atomic E-state index is 0.0382. The van der Waals surface area contributed by atoms with Gasteiger partial charge in [0.05, 0.1) is 6.61 Å². The maximum absolute atomic E-state index is 8.56. The third-order valence-corrected chi connectivity index (χ3v) is 1.37. The minimum Gasteiger partial charge on any atom is -0.396 e. The van der Waals surface area contributed by atoms with Gasteiger partial charge < -0.3 is 5.11 Å². The molecule has 0 aliphatic heterocycles. The van der Waals surface area contributed by atoms with E-state index in [-0.39, 0.29) is 6.61 Å². The van der Waals surface area contributed by atoms with Gasteiger partial charge in [-0.2, -0.15) is 0 Å². The minimum absolute atomic E-state index is 0.0382.